The third-order valence-corrected chi connectivity index (χ3v) is 5.00. The maximum atomic E-state index is 13.8. The summed E-state index contributed by atoms with van der Waals surface area (Å²) in [7, 11) is 0. The maximum absolute atomic E-state index is 13.8. The molecule has 0 bridgehead atoms. The number of fused-ring (bicyclic) bond motifs is 1. The number of anilines is 1. The summed E-state index contributed by atoms with van der Waals surface area (Å²) in [6, 6.07) is 6.47. The van der Waals surface area contributed by atoms with Gasteiger partial charge in [-0.1, -0.05) is 12.1 Å². The van der Waals surface area contributed by atoms with Gasteiger partial charge in [0.15, 0.2) is 11.5 Å². The quantitative estimate of drug-likeness (QED) is 0.517. The van der Waals surface area contributed by atoms with E-state index in [2.05, 4.69) is 25.3 Å². The Kier molecular flexibility index (Phi) is 4.94. The molecule has 0 radical (unpaired) electrons. The Balaban J connectivity index is 1.34. The highest BCUT2D eigenvalue weighted by molar-refractivity contribution is 7.09. The van der Waals surface area contributed by atoms with Gasteiger partial charge in [-0.3, -0.25) is 4.79 Å². The van der Waals surface area contributed by atoms with Gasteiger partial charge in [0.05, 0.1) is 18.6 Å². The van der Waals surface area contributed by atoms with Crippen molar-refractivity contribution in [3.63, 3.8) is 0 Å². The summed E-state index contributed by atoms with van der Waals surface area (Å²) in [6.07, 6.45) is 3.21. The minimum Gasteiger partial charge on any atom is -0.382 e. The Morgan fingerprint density at radius 2 is 2.11 bits per heavy atom. The van der Waals surface area contributed by atoms with Crippen molar-refractivity contribution in [3.8, 4) is 11.3 Å². The van der Waals surface area contributed by atoms with E-state index in [0.717, 1.165) is 0 Å². The molecule has 4 rings (SSSR count). The molecule has 1 aromatic carbocycles. The molecule has 0 saturated heterocycles. The van der Waals surface area contributed by atoms with Crippen LogP contribution in [0.1, 0.15) is 11.4 Å². The van der Waals surface area contributed by atoms with Gasteiger partial charge in [-0.05, 0) is 12.1 Å². The molecule has 0 atom stereocenters. The lowest BCUT2D eigenvalue weighted by atomic mass is 10.2. The van der Waals surface area contributed by atoms with Crippen molar-refractivity contribution < 1.29 is 9.18 Å². The minimum atomic E-state index is -0.319. The molecule has 28 heavy (non-hydrogen) atoms. The summed E-state index contributed by atoms with van der Waals surface area (Å²) in [5.41, 5.74) is 7.88. The Bertz CT molecular complexity index is 1140. The largest absolute Gasteiger partial charge is 0.382 e. The van der Waals surface area contributed by atoms with Gasteiger partial charge in [0, 0.05) is 23.9 Å². The summed E-state index contributed by atoms with van der Waals surface area (Å²) in [6.45, 7) is 0.703. The number of halogens is 1. The van der Waals surface area contributed by atoms with Gasteiger partial charge >= 0.3 is 0 Å². The van der Waals surface area contributed by atoms with E-state index in [1.807, 2.05) is 0 Å². The first-order valence-corrected chi connectivity index (χ1v) is 9.37. The first-order chi connectivity index (χ1) is 13.6. The maximum Gasteiger partial charge on any atom is 0.222 e. The smallest absolute Gasteiger partial charge is 0.222 e. The SMILES string of the molecule is Nc1ncnc2c1ncn2CCC(=O)NCc1nc(-c2ccccc2F)cs1. The number of aryl methyl sites for hydroxylation is 1. The fourth-order valence-corrected chi connectivity index (χ4v) is 3.47. The van der Waals surface area contributed by atoms with Gasteiger partial charge in [0.1, 0.15) is 22.7 Å². The average molecular weight is 397 g/mol. The molecule has 10 heteroatoms. The van der Waals surface area contributed by atoms with E-state index < -0.39 is 0 Å². The summed E-state index contributed by atoms with van der Waals surface area (Å²) in [4.78, 5) is 28.8. The molecule has 0 unspecified atom stereocenters. The van der Waals surface area contributed by atoms with Crippen molar-refractivity contribution in [2.24, 2.45) is 0 Å². The highest BCUT2D eigenvalue weighted by atomic mass is 32.1. The lowest BCUT2D eigenvalue weighted by molar-refractivity contribution is -0.121. The predicted octanol–water partition coefficient (Wildman–Crippen LogP) is 2.38. The van der Waals surface area contributed by atoms with Crippen molar-refractivity contribution in [2.45, 2.75) is 19.5 Å². The number of hydrogen-bond donors (Lipinski definition) is 2. The number of nitrogen functional groups attached to an aromatic ring is 1. The van der Waals surface area contributed by atoms with E-state index in [9.17, 15) is 9.18 Å². The van der Waals surface area contributed by atoms with Crippen LogP contribution in [-0.2, 0) is 17.9 Å². The minimum absolute atomic E-state index is 0.133. The number of rotatable bonds is 6. The number of carbonyl (C=O) groups is 1. The van der Waals surface area contributed by atoms with Gasteiger partial charge < -0.3 is 15.6 Å². The number of nitrogens with one attached hydrogen (secondary N) is 1. The van der Waals surface area contributed by atoms with Crippen LogP contribution in [0.3, 0.4) is 0 Å². The number of nitrogens with zero attached hydrogens (tertiary/aromatic N) is 5. The van der Waals surface area contributed by atoms with Crippen LogP contribution >= 0.6 is 11.3 Å². The molecular weight excluding hydrogens is 381 g/mol. The van der Waals surface area contributed by atoms with Crippen LogP contribution in [0, 0.1) is 5.82 Å². The molecule has 0 aliphatic rings. The highest BCUT2D eigenvalue weighted by Crippen LogP contribution is 2.24. The number of nitrogens with two attached hydrogens (primary N) is 1. The number of aromatic nitrogens is 5. The van der Waals surface area contributed by atoms with Crippen molar-refractivity contribution >= 4 is 34.2 Å². The second-order valence-electron chi connectivity index (χ2n) is 6.00. The summed E-state index contributed by atoms with van der Waals surface area (Å²) < 4.78 is 15.6. The van der Waals surface area contributed by atoms with Crippen LogP contribution in [0.15, 0.2) is 42.3 Å². The zero-order valence-electron chi connectivity index (χ0n) is 14.7. The third-order valence-electron chi connectivity index (χ3n) is 4.15. The zero-order valence-corrected chi connectivity index (χ0v) is 15.5. The molecule has 3 aromatic heterocycles. The summed E-state index contributed by atoms with van der Waals surface area (Å²) in [5.74, 6) is -0.144. The molecule has 0 aliphatic carbocycles. The standard InChI is InChI=1S/C18H16FN7OS/c19-12-4-2-1-3-11(12)13-8-28-15(25-13)7-21-14(27)5-6-26-10-24-16-17(20)22-9-23-18(16)26/h1-4,8-10H,5-7H2,(H,21,27)(H2,20,22,23). The van der Waals surface area contributed by atoms with Crippen LogP contribution in [0.2, 0.25) is 0 Å². The monoisotopic (exact) mass is 397 g/mol. The van der Waals surface area contributed by atoms with Crippen molar-refractivity contribution in [1.82, 2.24) is 29.8 Å². The van der Waals surface area contributed by atoms with Gasteiger partial charge in [0.25, 0.3) is 0 Å². The van der Waals surface area contributed by atoms with Crippen molar-refractivity contribution in [1.29, 1.82) is 0 Å². The number of amides is 1. The number of imidazole rings is 1. The molecule has 4 aromatic rings. The number of hydrogen-bond acceptors (Lipinski definition) is 7. The molecule has 3 N–H and O–H groups in total. The van der Waals surface area contributed by atoms with E-state index >= 15 is 0 Å². The molecule has 0 saturated carbocycles. The number of thiazole rings is 1. The van der Waals surface area contributed by atoms with Gasteiger partial charge in [0.2, 0.25) is 5.91 Å². The topological polar surface area (TPSA) is 112 Å². The summed E-state index contributed by atoms with van der Waals surface area (Å²) in [5, 5.41) is 5.31. The molecule has 0 spiro atoms. The highest BCUT2D eigenvalue weighted by Gasteiger charge is 2.11. The Labute approximate surface area is 163 Å². The Morgan fingerprint density at radius 1 is 1.25 bits per heavy atom. The second-order valence-corrected chi connectivity index (χ2v) is 6.94. The predicted molar refractivity (Wildman–Crippen MR) is 104 cm³/mol. The van der Waals surface area contributed by atoms with Crippen LogP contribution < -0.4 is 11.1 Å². The normalized spacial score (nSPS) is 11.0. The van der Waals surface area contributed by atoms with Crippen LogP contribution in [-0.4, -0.2) is 30.4 Å². The fourth-order valence-electron chi connectivity index (χ4n) is 2.73. The fraction of sp³-hybridized carbons (Fsp3) is 0.167. The second kappa shape index (κ2) is 7.69. The molecule has 0 fully saturated rings. The van der Waals surface area contributed by atoms with E-state index in [0.29, 0.717) is 39.8 Å². The molecule has 1 amide bonds. The van der Waals surface area contributed by atoms with E-state index in [1.54, 1.807) is 34.5 Å². The van der Waals surface area contributed by atoms with E-state index in [-0.39, 0.29) is 24.7 Å². The van der Waals surface area contributed by atoms with Gasteiger partial charge in [-0.2, -0.15) is 0 Å². The zero-order chi connectivity index (χ0) is 19.5. The van der Waals surface area contributed by atoms with Crippen molar-refractivity contribution in [2.75, 3.05) is 5.73 Å². The first-order valence-electron chi connectivity index (χ1n) is 8.49. The molecule has 0 aliphatic heterocycles. The van der Waals surface area contributed by atoms with Crippen LogP contribution in [0.4, 0.5) is 10.2 Å². The van der Waals surface area contributed by atoms with E-state index in [4.69, 9.17) is 5.73 Å². The van der Waals surface area contributed by atoms with Crippen LogP contribution in [0.5, 0.6) is 0 Å². The lowest BCUT2D eigenvalue weighted by Gasteiger charge is -2.05. The first kappa shape index (κ1) is 18.0. The molecule has 142 valence electrons. The van der Waals surface area contributed by atoms with Crippen molar-refractivity contribution in [3.05, 3.63) is 53.1 Å². The molecular formula is C18H16FN7OS. The molecule has 3 heterocycles. The van der Waals surface area contributed by atoms with Gasteiger partial charge in [-0.15, -0.1) is 11.3 Å². The summed E-state index contributed by atoms with van der Waals surface area (Å²) >= 11 is 1.38. The Hall–Kier alpha value is -3.40. The van der Waals surface area contributed by atoms with Gasteiger partial charge in [-0.25, -0.2) is 24.3 Å². The molecule has 8 nitrogen and oxygen atoms in total. The Morgan fingerprint density at radius 3 is 2.96 bits per heavy atom. The third kappa shape index (κ3) is 3.67. The van der Waals surface area contributed by atoms with E-state index in [1.165, 1.54) is 23.7 Å². The lowest BCUT2D eigenvalue weighted by Crippen LogP contribution is -2.23. The van der Waals surface area contributed by atoms with Crippen LogP contribution in [0.25, 0.3) is 22.4 Å². The average Bonchev–Trinajstić information content (AvgIpc) is 3.33. The number of benzene rings is 1. The number of carbonyl (C=O) groups excluding carboxylic acids is 1.